The molecule has 4 aromatic rings. The van der Waals surface area contributed by atoms with Gasteiger partial charge in [0.1, 0.15) is 0 Å². The quantitative estimate of drug-likeness (QED) is 0.352. The minimum Gasteiger partial charge on any atom is -0.398 e. The van der Waals surface area contributed by atoms with Crippen LogP contribution in [0.4, 0.5) is 17.1 Å². The van der Waals surface area contributed by atoms with Crippen LogP contribution >= 0.6 is 0 Å². The first-order valence-electron chi connectivity index (χ1n) is 8.76. The zero-order valence-corrected chi connectivity index (χ0v) is 14.2. The lowest BCUT2D eigenvalue weighted by Crippen LogP contribution is -1.97. The van der Waals surface area contributed by atoms with Gasteiger partial charge >= 0.3 is 0 Å². The van der Waals surface area contributed by atoms with Gasteiger partial charge in [-0.25, -0.2) is 0 Å². The topological polar surface area (TPSA) is 38.0 Å². The minimum absolute atomic E-state index is 0.786. The van der Waals surface area contributed by atoms with Crippen LogP contribution in [0.3, 0.4) is 0 Å². The second kappa shape index (κ2) is 5.78. The van der Waals surface area contributed by atoms with E-state index in [0.29, 0.717) is 0 Å². The molecule has 0 radical (unpaired) electrons. The molecule has 3 N–H and O–H groups in total. The van der Waals surface area contributed by atoms with Crippen molar-refractivity contribution in [3.05, 3.63) is 91.0 Å². The predicted octanol–water partition coefficient (Wildman–Crippen LogP) is 6.33. The molecule has 1 aliphatic heterocycles. The maximum atomic E-state index is 6.29. The molecule has 2 heteroatoms. The summed E-state index contributed by atoms with van der Waals surface area (Å²) in [5.74, 6) is 0. The van der Waals surface area contributed by atoms with Crippen LogP contribution in [0.1, 0.15) is 0 Å². The van der Waals surface area contributed by atoms with E-state index < -0.39 is 0 Å². The molecule has 0 aliphatic carbocycles. The number of rotatable bonds is 1. The van der Waals surface area contributed by atoms with Gasteiger partial charge in [0.2, 0.25) is 0 Å². The Kier molecular flexibility index (Phi) is 3.29. The smallest absolute Gasteiger partial charge is 0.0544 e. The number of benzene rings is 4. The summed E-state index contributed by atoms with van der Waals surface area (Å²) < 4.78 is 0. The number of hydrogen-bond donors (Lipinski definition) is 2. The summed E-state index contributed by atoms with van der Waals surface area (Å²) in [6.45, 7) is 0. The summed E-state index contributed by atoms with van der Waals surface area (Å²) in [5.41, 5.74) is 16.3. The molecule has 1 heterocycles. The molecule has 0 saturated carbocycles. The van der Waals surface area contributed by atoms with Crippen molar-refractivity contribution < 1.29 is 0 Å². The lowest BCUT2D eigenvalue weighted by molar-refractivity contribution is 1.55. The fourth-order valence-corrected chi connectivity index (χ4v) is 3.79. The molecule has 0 saturated heterocycles. The van der Waals surface area contributed by atoms with Gasteiger partial charge in [0.15, 0.2) is 0 Å². The zero-order chi connectivity index (χ0) is 17.5. The number of para-hydroxylation sites is 3. The number of nitrogens with two attached hydrogens (primary N) is 1. The summed E-state index contributed by atoms with van der Waals surface area (Å²) in [6.07, 6.45) is 0. The largest absolute Gasteiger partial charge is 0.398 e. The minimum atomic E-state index is 0.786. The van der Waals surface area contributed by atoms with Crippen molar-refractivity contribution in [2.45, 2.75) is 0 Å². The van der Waals surface area contributed by atoms with E-state index in [2.05, 4.69) is 78.1 Å². The number of anilines is 3. The summed E-state index contributed by atoms with van der Waals surface area (Å²) in [6, 6.07) is 31.5. The lowest BCUT2D eigenvalue weighted by atomic mass is 9.92. The van der Waals surface area contributed by atoms with Crippen LogP contribution in [-0.2, 0) is 0 Å². The van der Waals surface area contributed by atoms with E-state index in [1.807, 2.05) is 18.2 Å². The summed E-state index contributed by atoms with van der Waals surface area (Å²) in [4.78, 5) is 0. The van der Waals surface area contributed by atoms with Crippen LogP contribution < -0.4 is 11.1 Å². The van der Waals surface area contributed by atoms with Gasteiger partial charge in [-0.05, 0) is 23.3 Å². The normalized spacial score (nSPS) is 11.5. The predicted molar refractivity (Wildman–Crippen MR) is 110 cm³/mol. The van der Waals surface area contributed by atoms with Crippen molar-refractivity contribution in [1.82, 2.24) is 0 Å². The van der Waals surface area contributed by atoms with E-state index in [1.54, 1.807) is 0 Å². The van der Waals surface area contributed by atoms with E-state index in [1.165, 1.54) is 22.3 Å². The van der Waals surface area contributed by atoms with Crippen LogP contribution in [0.5, 0.6) is 0 Å². The molecule has 0 amide bonds. The Morgan fingerprint density at radius 1 is 0.462 bits per heavy atom. The van der Waals surface area contributed by atoms with Gasteiger partial charge in [-0.1, -0.05) is 78.9 Å². The lowest BCUT2D eigenvalue weighted by Gasteiger charge is -2.16. The third-order valence-corrected chi connectivity index (χ3v) is 5.01. The maximum Gasteiger partial charge on any atom is 0.0544 e. The first kappa shape index (κ1) is 14.8. The van der Waals surface area contributed by atoms with E-state index in [4.69, 9.17) is 5.73 Å². The Morgan fingerprint density at radius 3 is 1.69 bits per heavy atom. The number of hydrogen-bond acceptors (Lipinski definition) is 2. The maximum absolute atomic E-state index is 6.29. The molecule has 26 heavy (non-hydrogen) atoms. The second-order valence-corrected chi connectivity index (χ2v) is 6.53. The Bertz CT molecular complexity index is 1130. The van der Waals surface area contributed by atoms with E-state index in [0.717, 1.165) is 28.2 Å². The van der Waals surface area contributed by atoms with E-state index >= 15 is 0 Å². The van der Waals surface area contributed by atoms with Gasteiger partial charge in [-0.2, -0.15) is 0 Å². The first-order valence-corrected chi connectivity index (χ1v) is 8.76. The average Bonchev–Trinajstić information content (AvgIpc) is 2.83. The molecule has 0 bridgehead atoms. The highest BCUT2D eigenvalue weighted by atomic mass is 14.9. The third-order valence-electron chi connectivity index (χ3n) is 5.01. The Hall–Kier alpha value is -3.52. The highest BCUT2D eigenvalue weighted by molar-refractivity contribution is 6.03. The Balaban J connectivity index is 1.86. The van der Waals surface area contributed by atoms with Crippen LogP contribution in [0.25, 0.3) is 33.4 Å². The van der Waals surface area contributed by atoms with Crippen LogP contribution in [0.15, 0.2) is 91.0 Å². The summed E-state index contributed by atoms with van der Waals surface area (Å²) in [5, 5.41) is 3.69. The van der Waals surface area contributed by atoms with Gasteiger partial charge in [-0.3, -0.25) is 0 Å². The SMILES string of the molecule is Nc1ccccc1-c1cccc2c1Nc1ccccc1-c1ccccc1-2. The molecule has 0 fully saturated rings. The number of fused-ring (bicyclic) bond motifs is 5. The zero-order valence-electron chi connectivity index (χ0n) is 14.2. The van der Waals surface area contributed by atoms with Crippen LogP contribution in [0.2, 0.25) is 0 Å². The number of nitrogen functional groups attached to an aromatic ring is 1. The molecule has 5 rings (SSSR count). The molecule has 0 atom stereocenters. The molecule has 0 aromatic heterocycles. The van der Waals surface area contributed by atoms with Gasteiger partial charge in [0.05, 0.1) is 5.69 Å². The van der Waals surface area contributed by atoms with E-state index in [-0.39, 0.29) is 0 Å². The molecule has 4 aromatic carbocycles. The fraction of sp³-hybridized carbons (Fsp3) is 0. The van der Waals surface area contributed by atoms with Crippen molar-refractivity contribution in [2.75, 3.05) is 11.1 Å². The molecule has 124 valence electrons. The van der Waals surface area contributed by atoms with Gasteiger partial charge < -0.3 is 11.1 Å². The highest BCUT2D eigenvalue weighted by Crippen LogP contribution is 2.47. The average molecular weight is 334 g/mol. The van der Waals surface area contributed by atoms with Crippen molar-refractivity contribution >= 4 is 17.1 Å². The molecule has 1 aliphatic rings. The van der Waals surface area contributed by atoms with Gasteiger partial charge in [0, 0.05) is 33.6 Å². The van der Waals surface area contributed by atoms with Crippen LogP contribution in [-0.4, -0.2) is 0 Å². The highest BCUT2D eigenvalue weighted by Gasteiger charge is 2.21. The third kappa shape index (κ3) is 2.20. The fourth-order valence-electron chi connectivity index (χ4n) is 3.79. The van der Waals surface area contributed by atoms with Crippen LogP contribution in [0, 0.1) is 0 Å². The van der Waals surface area contributed by atoms with Crippen molar-refractivity contribution in [1.29, 1.82) is 0 Å². The monoisotopic (exact) mass is 334 g/mol. The van der Waals surface area contributed by atoms with Crippen molar-refractivity contribution in [2.24, 2.45) is 0 Å². The summed E-state index contributed by atoms with van der Waals surface area (Å²) in [7, 11) is 0. The molecule has 0 spiro atoms. The standard InChI is InChI=1S/C24H18N2/c25-22-14-5-3-10-18(22)21-13-7-12-20-17-9-2-1-8-16(17)19-11-4-6-15-23(19)26-24(20)21/h1-15,26H,25H2. The van der Waals surface area contributed by atoms with Crippen molar-refractivity contribution in [3.8, 4) is 33.4 Å². The van der Waals surface area contributed by atoms with Crippen molar-refractivity contribution in [3.63, 3.8) is 0 Å². The number of nitrogens with one attached hydrogen (secondary N) is 1. The molecular formula is C24H18N2. The Morgan fingerprint density at radius 2 is 0.962 bits per heavy atom. The Labute approximate surface area is 152 Å². The first-order chi connectivity index (χ1) is 12.8. The summed E-state index contributed by atoms with van der Waals surface area (Å²) >= 11 is 0. The molecule has 0 unspecified atom stereocenters. The van der Waals surface area contributed by atoms with Gasteiger partial charge in [0.25, 0.3) is 0 Å². The molecular weight excluding hydrogens is 316 g/mol. The second-order valence-electron chi connectivity index (χ2n) is 6.53. The van der Waals surface area contributed by atoms with E-state index in [9.17, 15) is 0 Å². The van der Waals surface area contributed by atoms with Gasteiger partial charge in [-0.15, -0.1) is 0 Å². The molecule has 2 nitrogen and oxygen atoms in total.